The molecule has 0 N–H and O–H groups in total. The van der Waals surface area contributed by atoms with Gasteiger partial charge in [-0.3, -0.25) is 0 Å². The van der Waals surface area contributed by atoms with Gasteiger partial charge >= 0.3 is 0 Å². The molecule has 0 aliphatic carbocycles. The van der Waals surface area contributed by atoms with Gasteiger partial charge in [-0.05, 0) is 0 Å². The molecule has 0 bridgehead atoms. The van der Waals surface area contributed by atoms with E-state index in [1.165, 1.54) is 51.4 Å². The Bertz CT molecular complexity index is 44.8. The summed E-state index contributed by atoms with van der Waals surface area (Å²) in [5.41, 5.74) is 0. The summed E-state index contributed by atoms with van der Waals surface area (Å²) < 4.78 is 0. The summed E-state index contributed by atoms with van der Waals surface area (Å²) in [5.74, 6) is 0. The summed E-state index contributed by atoms with van der Waals surface area (Å²) in [4.78, 5) is 0. The second-order valence-corrected chi connectivity index (χ2v) is 3.12. The van der Waals surface area contributed by atoms with Crippen LogP contribution in [0.25, 0.3) is 0 Å². The molecule has 0 aromatic carbocycles. The van der Waals surface area contributed by atoms with Gasteiger partial charge in [-0.15, -0.1) is 0 Å². The first-order valence-electron chi connectivity index (χ1n) is 4.91. The molecule has 0 saturated heterocycles. The molecule has 11 heavy (non-hydrogen) atoms. The molecule has 0 rings (SSSR count). The fourth-order valence-corrected chi connectivity index (χ4v) is 1.21. The van der Waals surface area contributed by atoms with E-state index in [1.807, 2.05) is 0 Å². The molecule has 0 amide bonds. The predicted molar refractivity (Wildman–Crippen MR) is 48.3 cm³/mol. The zero-order valence-corrected chi connectivity index (χ0v) is 9.44. The molecule has 0 spiro atoms. The van der Waals surface area contributed by atoms with Crippen molar-refractivity contribution in [2.75, 3.05) is 0 Å². The van der Waals surface area contributed by atoms with Crippen LogP contribution in [0.15, 0.2) is 0 Å². The smallest absolute Gasteiger partial charge is 0 e. The Hall–Kier alpha value is 0.740. The number of unbranched alkanes of at least 4 members (excludes halogenated alkanes) is 7. The molecule has 0 fully saturated rings. The molecule has 0 atom stereocenters. The van der Waals surface area contributed by atoms with Crippen molar-refractivity contribution in [3.8, 4) is 0 Å². The molecule has 0 aliphatic rings. The van der Waals surface area contributed by atoms with Crippen LogP contribution in [0, 0.1) is 0 Å². The van der Waals surface area contributed by atoms with Crippen LogP contribution in [0.1, 0.15) is 65.2 Å². The predicted octanol–water partition coefficient (Wildman–Crippen LogP) is 4.14. The maximum atomic E-state index is 2.27. The van der Waals surface area contributed by atoms with E-state index in [2.05, 4.69) is 13.8 Å². The number of rotatable bonds is 7. The molecule has 0 aliphatic heterocycles. The van der Waals surface area contributed by atoms with E-state index >= 15 is 0 Å². The Morgan fingerprint density at radius 1 is 0.545 bits per heavy atom. The minimum absolute atomic E-state index is 0. The summed E-state index contributed by atoms with van der Waals surface area (Å²) in [5, 5.41) is 0. The first-order valence-corrected chi connectivity index (χ1v) is 4.91. The average molecular weight is 250 g/mol. The third-order valence-corrected chi connectivity index (χ3v) is 1.96. The van der Waals surface area contributed by atoms with Crippen molar-refractivity contribution in [1.29, 1.82) is 0 Å². The van der Waals surface area contributed by atoms with E-state index in [9.17, 15) is 0 Å². The maximum absolute atomic E-state index is 2.27. The number of hydrogen-bond donors (Lipinski definition) is 0. The second-order valence-electron chi connectivity index (χ2n) is 3.12. The maximum Gasteiger partial charge on any atom is 0 e. The molecule has 0 aromatic rings. The van der Waals surface area contributed by atoms with Crippen molar-refractivity contribution in [2.24, 2.45) is 0 Å². The van der Waals surface area contributed by atoms with Gasteiger partial charge in [0.2, 0.25) is 0 Å². The van der Waals surface area contributed by atoms with Crippen molar-refractivity contribution >= 4 is 0 Å². The van der Waals surface area contributed by atoms with Crippen LogP contribution in [-0.4, -0.2) is 0 Å². The number of hydrogen-bond acceptors (Lipinski definition) is 0. The molecule has 0 heterocycles. The van der Waals surface area contributed by atoms with E-state index in [-0.39, 0.29) is 22.4 Å². The molecule has 1 heteroatoms. The van der Waals surface area contributed by atoms with E-state index in [1.54, 1.807) is 0 Å². The van der Waals surface area contributed by atoms with E-state index in [4.69, 9.17) is 0 Å². The Labute approximate surface area is 87.7 Å². The van der Waals surface area contributed by atoms with Crippen molar-refractivity contribution < 1.29 is 22.4 Å². The zero-order valence-electron chi connectivity index (χ0n) is 7.96. The average Bonchev–Trinajstić information content (AvgIpc) is 1.97. The Balaban J connectivity index is 0. The van der Waals surface area contributed by atoms with Gasteiger partial charge in [0, 0.05) is 22.4 Å². The SMILES string of the molecule is CCCCCCCCCC.[Ag]. The van der Waals surface area contributed by atoms with Gasteiger partial charge in [0.25, 0.3) is 0 Å². The molecular weight excluding hydrogens is 228 g/mol. The van der Waals surface area contributed by atoms with Crippen LogP contribution < -0.4 is 0 Å². The summed E-state index contributed by atoms with van der Waals surface area (Å²) in [6.07, 6.45) is 11.5. The second kappa shape index (κ2) is 13.3. The van der Waals surface area contributed by atoms with Gasteiger partial charge in [-0.1, -0.05) is 65.2 Å². The summed E-state index contributed by atoms with van der Waals surface area (Å²) >= 11 is 0. The molecule has 0 aromatic heterocycles. The van der Waals surface area contributed by atoms with E-state index in [0.29, 0.717) is 0 Å². The van der Waals surface area contributed by atoms with E-state index in [0.717, 1.165) is 0 Å². The van der Waals surface area contributed by atoms with Crippen LogP contribution in [-0.2, 0) is 22.4 Å². The standard InChI is InChI=1S/C10H22.Ag/c1-3-5-7-9-10-8-6-4-2;/h3-10H2,1-2H3;. The van der Waals surface area contributed by atoms with Gasteiger partial charge in [0.05, 0.1) is 0 Å². The molecular formula is C10H22Ag. The van der Waals surface area contributed by atoms with Gasteiger partial charge in [0.1, 0.15) is 0 Å². The fourth-order valence-electron chi connectivity index (χ4n) is 1.21. The van der Waals surface area contributed by atoms with Crippen molar-refractivity contribution in [1.82, 2.24) is 0 Å². The third-order valence-electron chi connectivity index (χ3n) is 1.96. The van der Waals surface area contributed by atoms with Crippen LogP contribution >= 0.6 is 0 Å². The summed E-state index contributed by atoms with van der Waals surface area (Å²) in [6, 6.07) is 0. The van der Waals surface area contributed by atoms with Gasteiger partial charge in [-0.2, -0.15) is 0 Å². The monoisotopic (exact) mass is 249 g/mol. The van der Waals surface area contributed by atoms with Crippen molar-refractivity contribution in [2.45, 2.75) is 65.2 Å². The first-order chi connectivity index (χ1) is 4.91. The first kappa shape index (κ1) is 14.3. The Kier molecular flexibility index (Phi) is 17.3. The van der Waals surface area contributed by atoms with Gasteiger partial charge in [0.15, 0.2) is 0 Å². The van der Waals surface area contributed by atoms with Gasteiger partial charge in [-0.25, -0.2) is 0 Å². The Morgan fingerprint density at radius 2 is 0.818 bits per heavy atom. The van der Waals surface area contributed by atoms with Crippen LogP contribution in [0.2, 0.25) is 0 Å². The molecule has 73 valence electrons. The largest absolute Gasteiger partial charge is 0.0654 e. The Morgan fingerprint density at radius 3 is 1.09 bits per heavy atom. The zero-order chi connectivity index (χ0) is 7.66. The molecule has 0 nitrogen and oxygen atoms in total. The normalized spacial score (nSPS) is 9.27. The molecule has 1 radical (unpaired) electrons. The fraction of sp³-hybridized carbons (Fsp3) is 1.00. The van der Waals surface area contributed by atoms with E-state index < -0.39 is 0 Å². The summed E-state index contributed by atoms with van der Waals surface area (Å²) in [6.45, 7) is 4.54. The quantitative estimate of drug-likeness (QED) is 0.470. The topological polar surface area (TPSA) is 0 Å². The van der Waals surface area contributed by atoms with Gasteiger partial charge < -0.3 is 0 Å². The van der Waals surface area contributed by atoms with Crippen LogP contribution in [0.3, 0.4) is 0 Å². The van der Waals surface area contributed by atoms with Crippen LogP contribution in [0.5, 0.6) is 0 Å². The molecule has 0 saturated carbocycles. The van der Waals surface area contributed by atoms with Crippen LogP contribution in [0.4, 0.5) is 0 Å². The third kappa shape index (κ3) is 13.7. The minimum Gasteiger partial charge on any atom is -0.0654 e. The molecule has 0 unspecified atom stereocenters. The minimum atomic E-state index is 0. The summed E-state index contributed by atoms with van der Waals surface area (Å²) in [7, 11) is 0. The van der Waals surface area contributed by atoms with Crippen molar-refractivity contribution in [3.63, 3.8) is 0 Å². The van der Waals surface area contributed by atoms with Crippen molar-refractivity contribution in [3.05, 3.63) is 0 Å².